The molecule has 5 nitrogen and oxygen atoms in total. The maximum absolute atomic E-state index is 12.1. The number of rotatable bonds is 3. The molecule has 0 saturated carbocycles. The van der Waals surface area contributed by atoms with Gasteiger partial charge in [-0.1, -0.05) is 12.1 Å². The Kier molecular flexibility index (Phi) is 3.90. The second kappa shape index (κ2) is 6.01. The normalized spacial score (nSPS) is 16.0. The number of methoxy groups -OCH3 is 2. The van der Waals surface area contributed by atoms with Crippen LogP contribution in [0.1, 0.15) is 29.0 Å². The van der Waals surface area contributed by atoms with Gasteiger partial charge < -0.3 is 14.8 Å². The first-order chi connectivity index (χ1) is 11.2. The van der Waals surface area contributed by atoms with Crippen molar-refractivity contribution in [2.45, 2.75) is 12.3 Å². The lowest BCUT2D eigenvalue weighted by Gasteiger charge is -2.28. The summed E-state index contributed by atoms with van der Waals surface area (Å²) in [5.74, 6) is 1.13. The van der Waals surface area contributed by atoms with Crippen molar-refractivity contribution < 1.29 is 14.3 Å². The number of fused-ring (bicyclic) bond motifs is 1. The molecule has 5 heteroatoms. The number of nitrogens with one attached hydrogen (secondary N) is 1. The molecule has 0 bridgehead atoms. The minimum absolute atomic E-state index is 0.0536. The van der Waals surface area contributed by atoms with E-state index in [0.29, 0.717) is 29.2 Å². The predicted molar refractivity (Wildman–Crippen MR) is 85.8 cm³/mol. The van der Waals surface area contributed by atoms with Crippen LogP contribution in [0.4, 0.5) is 5.69 Å². The van der Waals surface area contributed by atoms with Crippen LogP contribution >= 0.6 is 0 Å². The molecule has 3 rings (SSSR count). The fourth-order valence-corrected chi connectivity index (χ4v) is 2.91. The number of amides is 1. The molecule has 1 heterocycles. The van der Waals surface area contributed by atoms with Crippen molar-refractivity contribution in [3.05, 3.63) is 53.1 Å². The molecule has 1 amide bonds. The molecule has 1 atom stereocenters. The van der Waals surface area contributed by atoms with Crippen molar-refractivity contribution in [3.63, 3.8) is 0 Å². The van der Waals surface area contributed by atoms with E-state index in [1.54, 1.807) is 32.4 Å². The van der Waals surface area contributed by atoms with Crippen LogP contribution in [0, 0.1) is 11.3 Å². The summed E-state index contributed by atoms with van der Waals surface area (Å²) in [5, 5.41) is 11.8. The number of anilines is 1. The van der Waals surface area contributed by atoms with Gasteiger partial charge in [0.25, 0.3) is 0 Å². The third kappa shape index (κ3) is 2.71. The van der Waals surface area contributed by atoms with Gasteiger partial charge in [-0.05, 0) is 17.7 Å². The van der Waals surface area contributed by atoms with E-state index in [1.165, 1.54) is 0 Å². The summed E-state index contributed by atoms with van der Waals surface area (Å²) in [6, 6.07) is 13.0. The average molecular weight is 308 g/mol. The largest absolute Gasteiger partial charge is 0.497 e. The molecule has 1 unspecified atom stereocenters. The Bertz CT molecular complexity index is 791. The van der Waals surface area contributed by atoms with Crippen LogP contribution in [0.3, 0.4) is 0 Å². The van der Waals surface area contributed by atoms with Gasteiger partial charge in [-0.2, -0.15) is 5.26 Å². The fourth-order valence-electron chi connectivity index (χ4n) is 2.91. The summed E-state index contributed by atoms with van der Waals surface area (Å²) in [6.45, 7) is 0. The summed E-state index contributed by atoms with van der Waals surface area (Å²) in [6.07, 6.45) is 0.335. The first-order valence-electron chi connectivity index (χ1n) is 7.22. The Morgan fingerprint density at radius 1 is 1.17 bits per heavy atom. The summed E-state index contributed by atoms with van der Waals surface area (Å²) in [5.41, 5.74) is 3.20. The monoisotopic (exact) mass is 308 g/mol. The number of carbonyl (C=O) groups excluding carboxylic acids is 1. The summed E-state index contributed by atoms with van der Waals surface area (Å²) in [4.78, 5) is 12.1. The number of nitrogens with zero attached hydrogens (tertiary/aromatic N) is 1. The van der Waals surface area contributed by atoms with Crippen LogP contribution in [0.2, 0.25) is 0 Å². The lowest BCUT2D eigenvalue weighted by molar-refractivity contribution is -0.116. The number of hydrogen-bond donors (Lipinski definition) is 1. The van der Waals surface area contributed by atoms with E-state index < -0.39 is 0 Å². The fraction of sp³-hybridized carbons (Fsp3) is 0.222. The predicted octanol–water partition coefficient (Wildman–Crippen LogP) is 3.05. The van der Waals surface area contributed by atoms with Gasteiger partial charge in [-0.15, -0.1) is 0 Å². The van der Waals surface area contributed by atoms with Crippen LogP contribution in [-0.4, -0.2) is 20.1 Å². The number of nitriles is 1. The number of carbonyl (C=O) groups is 1. The Hall–Kier alpha value is -3.00. The first-order valence-corrected chi connectivity index (χ1v) is 7.22. The maximum Gasteiger partial charge on any atom is 0.225 e. The number of hydrogen-bond acceptors (Lipinski definition) is 4. The molecule has 0 aliphatic carbocycles. The molecular formula is C18H16N2O3. The Labute approximate surface area is 134 Å². The molecule has 0 aromatic heterocycles. The average Bonchev–Trinajstić information content (AvgIpc) is 2.59. The zero-order chi connectivity index (χ0) is 16.4. The smallest absolute Gasteiger partial charge is 0.225 e. The molecule has 1 aliphatic heterocycles. The Morgan fingerprint density at radius 2 is 1.91 bits per heavy atom. The van der Waals surface area contributed by atoms with E-state index in [-0.39, 0.29) is 11.8 Å². The van der Waals surface area contributed by atoms with Crippen molar-refractivity contribution in [2.24, 2.45) is 0 Å². The Balaban J connectivity index is 2.13. The van der Waals surface area contributed by atoms with Crippen molar-refractivity contribution in [1.82, 2.24) is 0 Å². The molecule has 0 fully saturated rings. The van der Waals surface area contributed by atoms with E-state index in [1.807, 2.05) is 18.2 Å². The first kappa shape index (κ1) is 14.9. The molecule has 1 aliphatic rings. The number of benzene rings is 2. The highest BCUT2D eigenvalue weighted by Crippen LogP contribution is 2.44. The second-order valence-corrected chi connectivity index (χ2v) is 5.33. The summed E-state index contributed by atoms with van der Waals surface area (Å²) < 4.78 is 10.8. The van der Waals surface area contributed by atoms with Gasteiger partial charge in [0.15, 0.2) is 0 Å². The molecule has 0 radical (unpaired) electrons. The van der Waals surface area contributed by atoms with Gasteiger partial charge in [0.2, 0.25) is 5.91 Å². The molecule has 116 valence electrons. The van der Waals surface area contributed by atoms with Gasteiger partial charge in [0, 0.05) is 30.0 Å². The standard InChI is InChI=1S/C18H16N2O3/c1-22-13-7-15-18(16(8-13)23-2)14(9-17(21)20-15)12-5-3-11(10-19)4-6-12/h3-8,14H,9H2,1-2H3,(H,20,21). The lowest BCUT2D eigenvalue weighted by atomic mass is 9.84. The molecule has 2 aromatic carbocycles. The van der Waals surface area contributed by atoms with Gasteiger partial charge in [0.05, 0.1) is 31.5 Å². The van der Waals surface area contributed by atoms with Gasteiger partial charge in [0.1, 0.15) is 11.5 Å². The van der Waals surface area contributed by atoms with Crippen LogP contribution in [0.5, 0.6) is 11.5 Å². The maximum atomic E-state index is 12.1. The van der Waals surface area contributed by atoms with E-state index in [0.717, 1.165) is 11.1 Å². The third-order valence-corrected chi connectivity index (χ3v) is 4.03. The van der Waals surface area contributed by atoms with Crippen molar-refractivity contribution in [1.29, 1.82) is 5.26 Å². The molecular weight excluding hydrogens is 292 g/mol. The second-order valence-electron chi connectivity index (χ2n) is 5.33. The molecule has 0 saturated heterocycles. The van der Waals surface area contributed by atoms with E-state index >= 15 is 0 Å². The zero-order valence-electron chi connectivity index (χ0n) is 12.9. The highest BCUT2D eigenvalue weighted by molar-refractivity contribution is 5.96. The van der Waals surface area contributed by atoms with Gasteiger partial charge in [-0.25, -0.2) is 0 Å². The molecule has 2 aromatic rings. The highest BCUT2D eigenvalue weighted by atomic mass is 16.5. The lowest BCUT2D eigenvalue weighted by Crippen LogP contribution is -2.24. The zero-order valence-corrected chi connectivity index (χ0v) is 12.9. The van der Waals surface area contributed by atoms with Crippen LogP contribution in [0.25, 0.3) is 0 Å². The quantitative estimate of drug-likeness (QED) is 0.946. The summed E-state index contributed by atoms with van der Waals surface area (Å²) >= 11 is 0. The minimum Gasteiger partial charge on any atom is -0.497 e. The van der Waals surface area contributed by atoms with Crippen LogP contribution < -0.4 is 14.8 Å². The van der Waals surface area contributed by atoms with Crippen molar-refractivity contribution >= 4 is 11.6 Å². The SMILES string of the molecule is COc1cc2c(c(OC)c1)C(c1ccc(C#N)cc1)CC(=O)N2. The van der Waals surface area contributed by atoms with E-state index in [2.05, 4.69) is 11.4 Å². The van der Waals surface area contributed by atoms with E-state index in [9.17, 15) is 4.79 Å². The molecule has 1 N–H and O–H groups in total. The Morgan fingerprint density at radius 3 is 2.52 bits per heavy atom. The van der Waals surface area contributed by atoms with E-state index in [4.69, 9.17) is 14.7 Å². The molecule has 0 spiro atoms. The van der Waals surface area contributed by atoms with Gasteiger partial charge in [-0.3, -0.25) is 4.79 Å². The number of ether oxygens (including phenoxy) is 2. The van der Waals surface area contributed by atoms with Crippen molar-refractivity contribution in [2.75, 3.05) is 19.5 Å². The van der Waals surface area contributed by atoms with Crippen molar-refractivity contribution in [3.8, 4) is 17.6 Å². The topological polar surface area (TPSA) is 71.3 Å². The molecule has 23 heavy (non-hydrogen) atoms. The summed E-state index contributed by atoms with van der Waals surface area (Å²) in [7, 11) is 3.17. The van der Waals surface area contributed by atoms with Crippen LogP contribution in [0.15, 0.2) is 36.4 Å². The van der Waals surface area contributed by atoms with Gasteiger partial charge >= 0.3 is 0 Å². The minimum atomic E-state index is -0.118. The van der Waals surface area contributed by atoms with Crippen LogP contribution in [-0.2, 0) is 4.79 Å². The highest BCUT2D eigenvalue weighted by Gasteiger charge is 2.30. The third-order valence-electron chi connectivity index (χ3n) is 4.03.